The largest absolute Gasteiger partial charge is 0.390 e. The van der Waals surface area contributed by atoms with E-state index in [1.54, 1.807) is 32.3 Å². The molecule has 32 atom stereocenters. The molecule has 0 aromatic carbocycles. The highest BCUT2D eigenvalue weighted by molar-refractivity contribution is 6.09. The SMILES string of the molecule is CC(=N)C1=CN(C(C)(C)C)C2NC(=N)NC(=O)C12.CC(C)(C)N1C=C(CNC2C(O)C(O)C3CC32)C2C(=O)NC(N)=NC21.CC(C)C.CC(C)C.CC(C)C.CN1C=NC2NC=NC2C1=O.C[N+]1=CN(CNC2C(O)C(O)C3CC32)C2C(=O)NC(N)=NC21.C[N+]1=CN(CNC2C(O)C(O)C3CC32)C2C(=O)NC(N)=NC21.NC1=NC2NC=C(CNC3C=CC(O)C3O)C2C(=O)N1.O=C1NC=NC2N=CNC12. The topological polar surface area (TPSA) is 723 Å². The van der Waals surface area contributed by atoms with Crippen molar-refractivity contribution in [1.82, 2.24) is 98.9 Å². The van der Waals surface area contributed by atoms with Gasteiger partial charge >= 0.3 is 0 Å². The minimum absolute atomic E-state index is 0.00810. The van der Waals surface area contributed by atoms with Crippen molar-refractivity contribution < 1.29 is 83.6 Å². The number of hydrogen-bond donors (Lipinski definition) is 28. The van der Waals surface area contributed by atoms with E-state index in [4.69, 9.17) is 33.8 Å². The average Bonchev–Trinajstić information content (AvgIpc) is 1.58. The van der Waals surface area contributed by atoms with Crippen molar-refractivity contribution in [2.45, 2.75) is 281 Å². The Morgan fingerprint density at radius 1 is 0.507 bits per heavy atom. The summed E-state index contributed by atoms with van der Waals surface area (Å²) in [7, 11) is 5.37. The second-order valence-corrected chi connectivity index (χ2v) is 42.5. The van der Waals surface area contributed by atoms with Crippen molar-refractivity contribution in [3.8, 4) is 0 Å². The highest BCUT2D eigenvalue weighted by Gasteiger charge is 2.63. The van der Waals surface area contributed by atoms with Crippen LogP contribution in [0.15, 0.2) is 87.4 Å². The highest BCUT2D eigenvalue weighted by atomic mass is 16.3. The number of fused-ring (bicyclic) bond motifs is 10. The number of nitrogens with one attached hydrogen (secondary N) is 16. The zero-order chi connectivity index (χ0) is 103. The van der Waals surface area contributed by atoms with Crippen LogP contribution in [0.2, 0.25) is 0 Å². The highest BCUT2D eigenvalue weighted by Crippen LogP contribution is 2.54. The lowest BCUT2D eigenvalue weighted by atomic mass is 9.93. The Balaban J connectivity index is 0.000000145. The zero-order valence-corrected chi connectivity index (χ0v) is 83.0. The number of rotatable bonds is 13. The number of aliphatic hydroxyl groups is 8. The smallest absolute Gasteiger partial charge is 0.278 e. The van der Waals surface area contributed by atoms with Crippen LogP contribution in [0.5, 0.6) is 0 Å². The molecule has 0 radical (unpaired) electrons. The van der Waals surface area contributed by atoms with E-state index in [0.29, 0.717) is 55.5 Å². The summed E-state index contributed by atoms with van der Waals surface area (Å²) in [6.45, 7) is 35.2. The van der Waals surface area contributed by atoms with Crippen LogP contribution in [-0.4, -0.2) is 388 Å². The van der Waals surface area contributed by atoms with Gasteiger partial charge in [0.25, 0.3) is 23.6 Å². The van der Waals surface area contributed by atoms with Gasteiger partial charge in [-0.15, -0.1) is 0 Å². The van der Waals surface area contributed by atoms with E-state index in [2.05, 4.69) is 202 Å². The Hall–Kier alpha value is -11.6. The maximum atomic E-state index is 12.5. The van der Waals surface area contributed by atoms with Crippen molar-refractivity contribution in [3.63, 3.8) is 0 Å². The first-order valence-corrected chi connectivity index (χ1v) is 47.9. The number of hydrogen-bond acceptors (Lipinski definition) is 40. The minimum Gasteiger partial charge on any atom is -0.390 e. The Morgan fingerprint density at radius 2 is 0.964 bits per heavy atom. The molecule has 0 aromatic heterocycles. The van der Waals surface area contributed by atoms with E-state index in [-0.39, 0.29) is 179 Å². The number of carbonyl (C=O) groups excluding carboxylic acids is 7. The second-order valence-electron chi connectivity index (χ2n) is 42.5. The van der Waals surface area contributed by atoms with Crippen molar-refractivity contribution in [2.24, 2.45) is 134 Å². The molecule has 0 aromatic rings. The lowest BCUT2D eigenvalue weighted by molar-refractivity contribution is -0.524. The molecule has 14 heterocycles. The van der Waals surface area contributed by atoms with Crippen molar-refractivity contribution >= 4 is 115 Å². The van der Waals surface area contributed by atoms with Gasteiger partial charge in [0.1, 0.15) is 61.7 Å². The molecule has 7 fully saturated rings. The van der Waals surface area contributed by atoms with Crippen LogP contribution in [0.4, 0.5) is 0 Å². The lowest BCUT2D eigenvalue weighted by Gasteiger charge is -2.41. The first kappa shape index (κ1) is 107. The predicted molar refractivity (Wildman–Crippen MR) is 524 cm³/mol. The third kappa shape index (κ3) is 24.8. The number of aliphatic imine (C=N–C) groups is 8. The summed E-state index contributed by atoms with van der Waals surface area (Å²) in [5.74, 6) is 2.48. The molecule has 6 saturated carbocycles. The van der Waals surface area contributed by atoms with E-state index >= 15 is 0 Å². The molecular formula is C90H149N35O15+2. The summed E-state index contributed by atoms with van der Waals surface area (Å²) in [4.78, 5) is 125. The zero-order valence-electron chi connectivity index (χ0n) is 83.0. The molecule has 1 saturated heterocycles. The van der Waals surface area contributed by atoms with Crippen molar-refractivity contribution in [1.29, 1.82) is 10.8 Å². The monoisotopic (exact) mass is 1960 g/mol. The summed E-state index contributed by atoms with van der Waals surface area (Å²) in [6.07, 6.45) is 13.4. The lowest BCUT2D eigenvalue weighted by Crippen LogP contribution is -2.64. The van der Waals surface area contributed by atoms with Gasteiger partial charge in [-0.1, -0.05) is 74.5 Å². The van der Waals surface area contributed by atoms with Gasteiger partial charge in [-0.25, -0.2) is 53.9 Å². The normalized spacial score (nSPS) is 37.0. The molecule has 50 nitrogen and oxygen atoms in total. The van der Waals surface area contributed by atoms with E-state index in [1.165, 1.54) is 30.3 Å². The fourth-order valence-corrected chi connectivity index (χ4v) is 19.6. The molecule has 7 amide bonds. The molecule has 32 N–H and O–H groups in total. The molecule has 21 rings (SSSR count). The fraction of sp³-hybridized carbons (Fsp3) is 0.700. The Labute approximate surface area is 814 Å². The van der Waals surface area contributed by atoms with Gasteiger partial charge in [0.2, 0.25) is 54.8 Å². The van der Waals surface area contributed by atoms with Crippen LogP contribution in [0.3, 0.4) is 0 Å². The molecule has 140 heavy (non-hydrogen) atoms. The molecule has 0 spiro atoms. The van der Waals surface area contributed by atoms with E-state index < -0.39 is 78.7 Å². The second kappa shape index (κ2) is 44.3. The van der Waals surface area contributed by atoms with Gasteiger partial charge in [-0.2, -0.15) is 0 Å². The number of nitrogens with two attached hydrogens (primary N) is 4. The number of aliphatic hydroxyl groups excluding tert-OH is 8. The van der Waals surface area contributed by atoms with Crippen molar-refractivity contribution in [3.05, 3.63) is 47.5 Å². The van der Waals surface area contributed by atoms with Crippen LogP contribution in [-0.2, 0) is 33.6 Å². The number of amides is 7. The Morgan fingerprint density at radius 3 is 1.44 bits per heavy atom. The summed E-state index contributed by atoms with van der Waals surface area (Å²) in [6, 6.07) is -2.22. The molecule has 21 aliphatic rings. The molecule has 50 heteroatoms. The summed E-state index contributed by atoms with van der Waals surface area (Å²) >= 11 is 0. The van der Waals surface area contributed by atoms with Crippen LogP contribution in [0.25, 0.3) is 0 Å². The number of likely N-dealkylation sites (N-methyl/N-ethyl adjacent to an activating group) is 3. The van der Waals surface area contributed by atoms with Crippen LogP contribution < -0.4 is 97.4 Å². The predicted octanol–water partition coefficient (Wildman–Crippen LogP) is -8.50. The first-order chi connectivity index (χ1) is 65.8. The molecule has 772 valence electrons. The minimum atomic E-state index is -0.866. The third-order valence-corrected chi connectivity index (χ3v) is 26.6. The first-order valence-electron chi connectivity index (χ1n) is 47.9. The Bertz CT molecular complexity index is 4930. The molecule has 7 aliphatic carbocycles. The number of carbonyl (C=O) groups is 7. The molecule has 32 unspecified atom stereocenters. The van der Waals surface area contributed by atoms with Gasteiger partial charge < -0.3 is 121 Å². The van der Waals surface area contributed by atoms with E-state index in [0.717, 1.165) is 48.2 Å². The maximum Gasteiger partial charge on any atom is 0.278 e. The standard InChI is InChI=1S/C17H27N5O3.2C13H20N6O3.C12H17N5O3.C12H19N5O.C6H8N4O.C5H6N4O.3C4H10/c1-17(2,3)22-6-7(10-14(22)20-16(18)21-15(10)25)5-19-11-8-4-9(8)12(23)13(11)24;2*1-18-4-19(8-11(18)16-13(14)17-12(8)22)3-15-7-5-2-6(5)9(20)10(7)21;13-12-16-10-8(11(20)17-12)5(4-15-10)3-14-6-1-2-7(18)9(6)19;1-6(13)7-5-17(12(2,3)4)9-8(7)10(18)16-11(14)15-9;1-10-3-9-5-4(6(10)11)7-2-8-5;10-5-3-4(7-1-6-3)8-2-9-5;3*1-4(2)3/h6,8-14,19,23-24H,4-5H2,1-3H3,(H3,18,20,21,25);2*4-11,15,20-21H,2-3H2,1H3,(H2-,14,16,17,22);1-2,4,6-10,14-15,18-19H,3H2,(H3,13,16,17,20);5,8-9,13H,1-4H3,(H3,14,15,16,18);2-5H,1H3,(H,7,8);1-4H,(H,6,7)(H,8,9,10);3*4H,1-3H3/p+2. The number of guanidine groups is 5. The van der Waals surface area contributed by atoms with E-state index in [9.17, 15) is 74.4 Å². The van der Waals surface area contributed by atoms with Gasteiger partial charge in [0, 0.05) is 73.0 Å². The van der Waals surface area contributed by atoms with Gasteiger partial charge in [0.05, 0.1) is 88.2 Å². The Kier molecular flexibility index (Phi) is 33.9. The molecular weight excluding hydrogens is 1810 g/mol. The maximum absolute atomic E-state index is 12.5. The summed E-state index contributed by atoms with van der Waals surface area (Å²) < 4.78 is 3.69. The number of nitrogens with zero attached hydrogens (tertiary/aromatic N) is 15. The fourth-order valence-electron chi connectivity index (χ4n) is 19.6. The third-order valence-electron chi connectivity index (χ3n) is 26.6. The molecule has 0 bridgehead atoms. The van der Waals surface area contributed by atoms with E-state index in [1.807, 2.05) is 83.8 Å². The van der Waals surface area contributed by atoms with Gasteiger partial charge in [-0.3, -0.25) is 81.2 Å². The van der Waals surface area contributed by atoms with Crippen LogP contribution >= 0.6 is 0 Å². The molecule has 14 aliphatic heterocycles. The summed E-state index contributed by atoms with van der Waals surface area (Å²) in [5.41, 5.74) is 25.0. The average molecular weight is 1960 g/mol. The summed E-state index contributed by atoms with van der Waals surface area (Å²) in [5, 5.41) is 134. The van der Waals surface area contributed by atoms with Crippen LogP contribution in [0.1, 0.15) is 130 Å². The van der Waals surface area contributed by atoms with Crippen molar-refractivity contribution in [2.75, 3.05) is 47.6 Å². The van der Waals surface area contributed by atoms with Crippen LogP contribution in [0, 0.1) is 81.8 Å². The van der Waals surface area contributed by atoms with Gasteiger partial charge in [-0.05, 0) is 138 Å². The van der Waals surface area contributed by atoms with Gasteiger partial charge in [0.15, 0.2) is 48.2 Å². The quantitative estimate of drug-likeness (QED) is 0.0463.